The van der Waals surface area contributed by atoms with E-state index < -0.39 is 0 Å². The zero-order chi connectivity index (χ0) is 14.1. The Bertz CT molecular complexity index is 829. The van der Waals surface area contributed by atoms with Crippen LogP contribution in [-0.4, -0.2) is 6.04 Å². The average Bonchev–Trinajstić information content (AvgIpc) is 2.93. The van der Waals surface area contributed by atoms with Crippen LogP contribution >= 0.6 is 0 Å². The predicted octanol–water partition coefficient (Wildman–Crippen LogP) is -0.496. The summed E-state index contributed by atoms with van der Waals surface area (Å²) in [5.74, 6) is 0.573. The lowest BCUT2D eigenvalue weighted by molar-refractivity contribution is -0.712. The first kappa shape index (κ1) is 12.6. The summed E-state index contributed by atoms with van der Waals surface area (Å²) in [4.78, 5) is 12.4. The molecule has 0 radical (unpaired) electrons. The van der Waals surface area contributed by atoms with Gasteiger partial charge in [0.25, 0.3) is 5.69 Å². The SMILES string of the molecule is CC[n+]1c2c(o/c(=C/c3ccco3)c1=O)=CC(N)C=C2. The van der Waals surface area contributed by atoms with Gasteiger partial charge in [0.1, 0.15) is 12.3 Å². The quantitative estimate of drug-likeness (QED) is 0.748. The van der Waals surface area contributed by atoms with Gasteiger partial charge < -0.3 is 14.6 Å². The molecule has 1 aliphatic carbocycles. The van der Waals surface area contributed by atoms with Gasteiger partial charge in [-0.3, -0.25) is 0 Å². The van der Waals surface area contributed by atoms with Crippen LogP contribution in [-0.2, 0) is 6.54 Å². The summed E-state index contributed by atoms with van der Waals surface area (Å²) >= 11 is 0. The van der Waals surface area contributed by atoms with Gasteiger partial charge in [-0.2, -0.15) is 4.57 Å². The number of aromatic nitrogens is 1. The predicted molar refractivity (Wildman–Crippen MR) is 73.8 cm³/mol. The van der Waals surface area contributed by atoms with Crippen molar-refractivity contribution in [2.45, 2.75) is 19.5 Å². The lowest BCUT2D eigenvalue weighted by atomic mass is 10.1. The Hall–Kier alpha value is -2.40. The monoisotopic (exact) mass is 271 g/mol. The number of furan rings is 1. The number of nitrogens with two attached hydrogens (primary N) is 1. The van der Waals surface area contributed by atoms with Crippen molar-refractivity contribution in [1.82, 2.24) is 0 Å². The second-order valence-corrected chi connectivity index (χ2v) is 4.53. The van der Waals surface area contributed by atoms with Gasteiger partial charge in [-0.15, -0.1) is 0 Å². The molecule has 0 bridgehead atoms. The van der Waals surface area contributed by atoms with Crippen molar-refractivity contribution in [3.63, 3.8) is 0 Å². The highest BCUT2D eigenvalue weighted by Gasteiger charge is 2.19. The van der Waals surface area contributed by atoms with E-state index in [0.29, 0.717) is 17.7 Å². The minimum absolute atomic E-state index is 0.184. The van der Waals surface area contributed by atoms with E-state index in [1.165, 1.54) is 0 Å². The third kappa shape index (κ3) is 2.12. The zero-order valence-electron chi connectivity index (χ0n) is 11.1. The second-order valence-electron chi connectivity index (χ2n) is 4.53. The topological polar surface area (TPSA) is 73.2 Å². The number of nitrogens with zero attached hydrogens (tertiary/aromatic N) is 1. The molecule has 0 aromatic carbocycles. The van der Waals surface area contributed by atoms with Crippen molar-refractivity contribution in [2.24, 2.45) is 5.73 Å². The minimum Gasteiger partial charge on any atom is -0.465 e. The molecule has 0 saturated carbocycles. The highest BCUT2D eigenvalue weighted by Crippen LogP contribution is 2.00. The summed E-state index contributed by atoms with van der Waals surface area (Å²) in [6.45, 7) is 2.48. The highest BCUT2D eigenvalue weighted by molar-refractivity contribution is 5.53. The maximum absolute atomic E-state index is 12.4. The van der Waals surface area contributed by atoms with Crippen LogP contribution < -0.4 is 26.7 Å². The van der Waals surface area contributed by atoms with E-state index >= 15 is 0 Å². The molecule has 1 aliphatic rings. The fourth-order valence-electron chi connectivity index (χ4n) is 2.22. The van der Waals surface area contributed by atoms with Crippen LogP contribution in [0.15, 0.2) is 38.1 Å². The van der Waals surface area contributed by atoms with Crippen LogP contribution in [0.25, 0.3) is 18.2 Å². The Balaban J connectivity index is 2.34. The second kappa shape index (κ2) is 4.94. The first-order chi connectivity index (χ1) is 9.69. The van der Waals surface area contributed by atoms with Crippen LogP contribution in [0.3, 0.4) is 0 Å². The minimum atomic E-state index is -0.203. The van der Waals surface area contributed by atoms with E-state index in [-0.39, 0.29) is 17.0 Å². The summed E-state index contributed by atoms with van der Waals surface area (Å²) in [6.07, 6.45) is 8.59. The summed E-state index contributed by atoms with van der Waals surface area (Å²) < 4.78 is 12.6. The van der Waals surface area contributed by atoms with E-state index in [1.54, 1.807) is 35.1 Å². The Morgan fingerprint density at radius 3 is 3.05 bits per heavy atom. The average molecular weight is 271 g/mol. The molecule has 5 nitrogen and oxygen atoms in total. The molecule has 1 atom stereocenters. The molecule has 2 aromatic heterocycles. The number of fused-ring (bicyclic) bond motifs is 1. The number of rotatable bonds is 2. The standard InChI is InChI=1S/C15H15N2O3/c1-2-17-12-6-5-10(16)8-13(12)20-14(15(17)18)9-11-4-3-7-19-11/h3-10H,2,16H2,1H3/q+1/b14-9+. The summed E-state index contributed by atoms with van der Waals surface area (Å²) in [5, 5.41) is 0. The lowest BCUT2D eigenvalue weighted by Crippen LogP contribution is -2.61. The molecule has 0 spiro atoms. The van der Waals surface area contributed by atoms with Crippen molar-refractivity contribution in [2.75, 3.05) is 0 Å². The van der Waals surface area contributed by atoms with Crippen molar-refractivity contribution in [3.8, 4) is 0 Å². The van der Waals surface area contributed by atoms with Gasteiger partial charge in [-0.05, 0) is 25.1 Å². The molecule has 2 aromatic rings. The molecule has 5 heteroatoms. The van der Waals surface area contributed by atoms with E-state index in [2.05, 4.69) is 0 Å². The molecular formula is C15H15N2O3+. The first-order valence-corrected chi connectivity index (χ1v) is 6.47. The normalized spacial score (nSPS) is 17.9. The first-order valence-electron chi connectivity index (χ1n) is 6.47. The zero-order valence-corrected chi connectivity index (χ0v) is 11.1. The van der Waals surface area contributed by atoms with Gasteiger partial charge in [0.15, 0.2) is 5.42 Å². The molecule has 0 saturated heterocycles. The highest BCUT2D eigenvalue weighted by atomic mass is 16.3. The maximum Gasteiger partial charge on any atom is 0.455 e. The summed E-state index contributed by atoms with van der Waals surface area (Å²) in [5.41, 5.74) is 7.25. The van der Waals surface area contributed by atoms with Crippen LogP contribution in [0.2, 0.25) is 0 Å². The molecule has 0 amide bonds. The molecule has 102 valence electrons. The molecule has 20 heavy (non-hydrogen) atoms. The third-order valence-electron chi connectivity index (χ3n) is 3.17. The molecule has 0 fully saturated rings. The number of hydrogen-bond donors (Lipinski definition) is 1. The van der Waals surface area contributed by atoms with Crippen molar-refractivity contribution in [1.29, 1.82) is 0 Å². The van der Waals surface area contributed by atoms with Crippen LogP contribution in [0.4, 0.5) is 0 Å². The van der Waals surface area contributed by atoms with Crippen LogP contribution in [0.1, 0.15) is 18.4 Å². The Morgan fingerprint density at radius 1 is 1.50 bits per heavy atom. The molecule has 2 heterocycles. The largest absolute Gasteiger partial charge is 0.465 e. The van der Waals surface area contributed by atoms with Gasteiger partial charge >= 0.3 is 5.56 Å². The van der Waals surface area contributed by atoms with Crippen LogP contribution in [0.5, 0.6) is 0 Å². The smallest absolute Gasteiger partial charge is 0.455 e. The van der Waals surface area contributed by atoms with Gasteiger partial charge in [-0.1, -0.05) is 6.08 Å². The van der Waals surface area contributed by atoms with Crippen molar-refractivity contribution in [3.05, 3.63) is 57.1 Å². The fourth-order valence-corrected chi connectivity index (χ4v) is 2.22. The van der Waals surface area contributed by atoms with Crippen LogP contribution in [0, 0.1) is 0 Å². The van der Waals surface area contributed by atoms with E-state index in [1.807, 2.05) is 19.1 Å². The summed E-state index contributed by atoms with van der Waals surface area (Å²) in [7, 11) is 0. The van der Waals surface area contributed by atoms with Gasteiger partial charge in [-0.25, -0.2) is 4.79 Å². The van der Waals surface area contributed by atoms with Gasteiger partial charge in [0.05, 0.1) is 6.26 Å². The molecule has 0 aliphatic heterocycles. The third-order valence-corrected chi connectivity index (χ3v) is 3.17. The maximum atomic E-state index is 12.4. The van der Waals surface area contributed by atoms with Gasteiger partial charge in [0, 0.05) is 18.2 Å². The number of hydrogen-bond acceptors (Lipinski definition) is 4. The molecule has 3 rings (SSSR count). The fraction of sp³-hybridized carbons (Fsp3) is 0.200. The van der Waals surface area contributed by atoms with E-state index in [0.717, 1.165) is 5.69 Å². The van der Waals surface area contributed by atoms with E-state index in [9.17, 15) is 4.79 Å². The summed E-state index contributed by atoms with van der Waals surface area (Å²) in [6, 6.07) is 3.32. The van der Waals surface area contributed by atoms with Crippen molar-refractivity contribution >= 4 is 18.2 Å². The Labute approximate surface area is 114 Å². The Morgan fingerprint density at radius 2 is 2.35 bits per heavy atom. The van der Waals surface area contributed by atoms with Gasteiger partial charge in [0.2, 0.25) is 5.42 Å². The van der Waals surface area contributed by atoms with E-state index in [4.69, 9.17) is 14.6 Å². The Kier molecular flexibility index (Phi) is 3.12. The lowest BCUT2D eigenvalue weighted by Gasteiger charge is -2.05. The molecule has 2 N–H and O–H groups in total. The molecule has 1 unspecified atom stereocenters. The molecular weight excluding hydrogens is 256 g/mol. The van der Waals surface area contributed by atoms with Crippen molar-refractivity contribution < 1.29 is 13.4 Å².